The minimum absolute atomic E-state index is 0.0222. The van der Waals surface area contributed by atoms with Gasteiger partial charge in [0.25, 0.3) is 5.69 Å². The first kappa shape index (κ1) is 12.2. The number of ether oxygens (including phenoxy) is 1. The predicted octanol–water partition coefficient (Wildman–Crippen LogP) is 2.31. The third kappa shape index (κ3) is 1.88. The maximum atomic E-state index is 11.5. The van der Waals surface area contributed by atoms with E-state index in [4.69, 9.17) is 0 Å². The van der Waals surface area contributed by atoms with E-state index in [1.807, 2.05) is 0 Å². The van der Waals surface area contributed by atoms with Crippen LogP contribution in [0.1, 0.15) is 27.0 Å². The Bertz CT molecular complexity index is 466. The molecule has 0 unspecified atom stereocenters. The molecule has 1 aromatic carbocycles. The molecule has 0 radical (unpaired) electrons. The van der Waals surface area contributed by atoms with Gasteiger partial charge in [0, 0.05) is 11.1 Å². The molecule has 0 heterocycles. The molecule has 0 atom stereocenters. The Hall–Kier alpha value is -1.91. The Kier molecular flexibility index (Phi) is 3.27. The molecular formula is C11H13NO4. The van der Waals surface area contributed by atoms with Crippen LogP contribution in [0.25, 0.3) is 0 Å². The third-order valence-corrected chi connectivity index (χ3v) is 2.50. The monoisotopic (exact) mass is 223 g/mol. The molecule has 0 amide bonds. The molecule has 0 aromatic heterocycles. The van der Waals surface area contributed by atoms with Crippen molar-refractivity contribution in [3.05, 3.63) is 38.4 Å². The van der Waals surface area contributed by atoms with E-state index in [-0.39, 0.29) is 11.3 Å². The molecule has 86 valence electrons. The fraction of sp³-hybridized carbons (Fsp3) is 0.364. The van der Waals surface area contributed by atoms with Crippen molar-refractivity contribution in [2.75, 3.05) is 7.11 Å². The second kappa shape index (κ2) is 4.30. The molecule has 0 N–H and O–H groups in total. The van der Waals surface area contributed by atoms with Crippen LogP contribution in [0.3, 0.4) is 0 Å². The van der Waals surface area contributed by atoms with E-state index < -0.39 is 10.9 Å². The zero-order valence-corrected chi connectivity index (χ0v) is 9.66. The Morgan fingerprint density at radius 2 is 1.88 bits per heavy atom. The summed E-state index contributed by atoms with van der Waals surface area (Å²) in [5.74, 6) is -0.543. The second-order valence-corrected chi connectivity index (χ2v) is 3.61. The first-order valence-electron chi connectivity index (χ1n) is 4.73. The number of esters is 1. The summed E-state index contributed by atoms with van der Waals surface area (Å²) >= 11 is 0. The molecule has 16 heavy (non-hydrogen) atoms. The molecule has 1 rings (SSSR count). The fourth-order valence-corrected chi connectivity index (χ4v) is 1.87. The van der Waals surface area contributed by atoms with Crippen LogP contribution in [-0.2, 0) is 4.74 Å². The largest absolute Gasteiger partial charge is 0.465 e. The number of hydrogen-bond acceptors (Lipinski definition) is 4. The summed E-state index contributed by atoms with van der Waals surface area (Å²) in [6.45, 7) is 4.94. The van der Waals surface area contributed by atoms with Crippen molar-refractivity contribution >= 4 is 11.7 Å². The van der Waals surface area contributed by atoms with Crippen LogP contribution in [0.15, 0.2) is 6.07 Å². The van der Waals surface area contributed by atoms with Crippen LogP contribution in [-0.4, -0.2) is 18.0 Å². The van der Waals surface area contributed by atoms with E-state index >= 15 is 0 Å². The molecule has 0 saturated carbocycles. The summed E-state index contributed by atoms with van der Waals surface area (Å²) in [6.07, 6.45) is 0. The highest BCUT2D eigenvalue weighted by atomic mass is 16.6. The summed E-state index contributed by atoms with van der Waals surface area (Å²) in [4.78, 5) is 21.9. The van der Waals surface area contributed by atoms with E-state index in [1.165, 1.54) is 7.11 Å². The normalized spacial score (nSPS) is 10.0. The molecule has 0 aliphatic heterocycles. The molecule has 0 aliphatic rings. The van der Waals surface area contributed by atoms with Gasteiger partial charge in [-0.3, -0.25) is 10.1 Å². The van der Waals surface area contributed by atoms with Gasteiger partial charge in [-0.25, -0.2) is 4.79 Å². The van der Waals surface area contributed by atoms with E-state index in [0.29, 0.717) is 16.7 Å². The number of nitrogens with zero attached hydrogens (tertiary/aromatic N) is 1. The molecule has 0 fully saturated rings. The number of methoxy groups -OCH3 is 1. The van der Waals surface area contributed by atoms with Crippen LogP contribution in [0, 0.1) is 30.9 Å². The van der Waals surface area contributed by atoms with Crippen LogP contribution < -0.4 is 0 Å². The number of nitro benzene ring substituents is 1. The quantitative estimate of drug-likeness (QED) is 0.438. The topological polar surface area (TPSA) is 69.4 Å². The van der Waals surface area contributed by atoms with Gasteiger partial charge in [0.15, 0.2) is 0 Å². The molecular weight excluding hydrogens is 210 g/mol. The Morgan fingerprint density at radius 1 is 1.31 bits per heavy atom. The van der Waals surface area contributed by atoms with Gasteiger partial charge < -0.3 is 4.74 Å². The van der Waals surface area contributed by atoms with Crippen LogP contribution >= 0.6 is 0 Å². The number of hydrogen-bond donors (Lipinski definition) is 0. The number of rotatable bonds is 2. The lowest BCUT2D eigenvalue weighted by molar-refractivity contribution is -0.386. The van der Waals surface area contributed by atoms with Crippen molar-refractivity contribution in [3.8, 4) is 0 Å². The summed E-state index contributed by atoms with van der Waals surface area (Å²) in [5, 5.41) is 10.9. The highest BCUT2D eigenvalue weighted by molar-refractivity contribution is 5.94. The number of carbonyl (C=O) groups is 1. The molecule has 0 aliphatic carbocycles. The van der Waals surface area contributed by atoms with Gasteiger partial charge in [-0.05, 0) is 32.4 Å². The van der Waals surface area contributed by atoms with Gasteiger partial charge in [-0.1, -0.05) is 0 Å². The summed E-state index contributed by atoms with van der Waals surface area (Å²) in [7, 11) is 1.26. The maximum Gasteiger partial charge on any atom is 0.338 e. The molecule has 5 heteroatoms. The smallest absolute Gasteiger partial charge is 0.338 e. The standard InChI is InChI=1S/C11H13NO4/c1-6-5-7(2)10(12(14)15)8(3)9(6)11(13)16-4/h5H,1-4H3. The molecule has 5 nitrogen and oxygen atoms in total. The van der Waals surface area contributed by atoms with Crippen LogP contribution in [0.4, 0.5) is 5.69 Å². The zero-order chi connectivity index (χ0) is 12.5. The van der Waals surface area contributed by atoms with Gasteiger partial charge in [0.1, 0.15) is 0 Å². The summed E-state index contributed by atoms with van der Waals surface area (Å²) in [5.41, 5.74) is 1.85. The predicted molar refractivity (Wildman–Crippen MR) is 58.6 cm³/mol. The van der Waals surface area contributed by atoms with Gasteiger partial charge in [-0.2, -0.15) is 0 Å². The van der Waals surface area contributed by atoms with E-state index in [1.54, 1.807) is 26.8 Å². The highest BCUT2D eigenvalue weighted by Crippen LogP contribution is 2.28. The van der Waals surface area contributed by atoms with Crippen molar-refractivity contribution < 1.29 is 14.5 Å². The SMILES string of the molecule is COC(=O)c1c(C)cc(C)c([N+](=O)[O-])c1C. The van der Waals surface area contributed by atoms with Crippen molar-refractivity contribution in [1.82, 2.24) is 0 Å². The van der Waals surface area contributed by atoms with Crippen LogP contribution in [0.5, 0.6) is 0 Å². The lowest BCUT2D eigenvalue weighted by Gasteiger charge is -2.10. The second-order valence-electron chi connectivity index (χ2n) is 3.61. The molecule has 0 bridgehead atoms. The Balaban J connectivity index is 3.57. The molecule has 0 spiro atoms. The van der Waals surface area contributed by atoms with E-state index in [9.17, 15) is 14.9 Å². The minimum Gasteiger partial charge on any atom is -0.465 e. The lowest BCUT2D eigenvalue weighted by Crippen LogP contribution is -2.09. The van der Waals surface area contributed by atoms with Gasteiger partial charge >= 0.3 is 5.97 Å². The van der Waals surface area contributed by atoms with Crippen molar-refractivity contribution in [3.63, 3.8) is 0 Å². The van der Waals surface area contributed by atoms with E-state index in [2.05, 4.69) is 4.74 Å². The molecule has 1 aromatic rings. The zero-order valence-electron chi connectivity index (χ0n) is 9.66. The van der Waals surface area contributed by atoms with Gasteiger partial charge in [0.2, 0.25) is 0 Å². The van der Waals surface area contributed by atoms with Gasteiger partial charge in [-0.15, -0.1) is 0 Å². The summed E-state index contributed by atoms with van der Waals surface area (Å²) < 4.78 is 4.61. The van der Waals surface area contributed by atoms with Gasteiger partial charge in [0.05, 0.1) is 17.6 Å². The number of carbonyl (C=O) groups excluding carboxylic acids is 1. The Labute approximate surface area is 93.2 Å². The first-order chi connectivity index (χ1) is 7.40. The van der Waals surface area contributed by atoms with E-state index in [0.717, 1.165) is 0 Å². The molecule has 0 saturated heterocycles. The van der Waals surface area contributed by atoms with Crippen molar-refractivity contribution in [2.24, 2.45) is 0 Å². The third-order valence-electron chi connectivity index (χ3n) is 2.50. The average Bonchev–Trinajstić information content (AvgIpc) is 2.15. The minimum atomic E-state index is -0.543. The number of aryl methyl sites for hydroxylation is 2. The number of nitro groups is 1. The van der Waals surface area contributed by atoms with Crippen molar-refractivity contribution in [2.45, 2.75) is 20.8 Å². The fourth-order valence-electron chi connectivity index (χ4n) is 1.87. The Morgan fingerprint density at radius 3 is 2.31 bits per heavy atom. The maximum absolute atomic E-state index is 11.5. The van der Waals surface area contributed by atoms with Crippen LogP contribution in [0.2, 0.25) is 0 Å². The van der Waals surface area contributed by atoms with Crippen molar-refractivity contribution in [1.29, 1.82) is 0 Å². The number of benzene rings is 1. The lowest BCUT2D eigenvalue weighted by atomic mass is 9.97. The highest BCUT2D eigenvalue weighted by Gasteiger charge is 2.23. The average molecular weight is 223 g/mol. The first-order valence-corrected chi connectivity index (χ1v) is 4.73. The summed E-state index contributed by atoms with van der Waals surface area (Å²) in [6, 6.07) is 1.62.